The van der Waals surface area contributed by atoms with Crippen LogP contribution in [0.1, 0.15) is 22.8 Å². The number of carbonyl (C=O) groups excluding carboxylic acids is 2. The smallest absolute Gasteiger partial charge is 0.339 e. The van der Waals surface area contributed by atoms with Crippen LogP contribution in [0.15, 0.2) is 41.3 Å². The Morgan fingerprint density at radius 1 is 1.14 bits per heavy atom. The first kappa shape index (κ1) is 21.7. The number of nitrogens with one attached hydrogen (secondary N) is 1. The molecule has 0 spiro atoms. The van der Waals surface area contributed by atoms with Crippen LogP contribution in [0.3, 0.4) is 0 Å². The molecule has 0 aliphatic heterocycles. The molecular formula is C19H20ClNO6S. The van der Waals surface area contributed by atoms with E-state index in [9.17, 15) is 18.0 Å². The van der Waals surface area contributed by atoms with Crippen LogP contribution in [0, 0.1) is 6.92 Å². The van der Waals surface area contributed by atoms with Crippen molar-refractivity contribution in [1.29, 1.82) is 0 Å². The lowest BCUT2D eigenvalue weighted by atomic mass is 10.1. The Morgan fingerprint density at radius 3 is 2.43 bits per heavy atom. The molecule has 150 valence electrons. The monoisotopic (exact) mass is 425 g/mol. The number of benzene rings is 2. The van der Waals surface area contributed by atoms with Crippen molar-refractivity contribution in [1.82, 2.24) is 0 Å². The number of esters is 1. The number of hydrogen-bond acceptors (Lipinski definition) is 6. The third-order valence-corrected chi connectivity index (χ3v) is 5.27. The Morgan fingerprint density at radius 2 is 1.82 bits per heavy atom. The van der Waals surface area contributed by atoms with Gasteiger partial charge in [0.05, 0.1) is 23.3 Å². The molecule has 0 heterocycles. The number of anilines is 1. The number of aryl methyl sites for hydroxylation is 1. The van der Waals surface area contributed by atoms with Gasteiger partial charge >= 0.3 is 5.97 Å². The van der Waals surface area contributed by atoms with Crippen molar-refractivity contribution in [3.8, 4) is 5.75 Å². The van der Waals surface area contributed by atoms with E-state index in [1.165, 1.54) is 38.3 Å². The molecule has 2 rings (SSSR count). The van der Waals surface area contributed by atoms with Gasteiger partial charge in [-0.2, -0.15) is 0 Å². The minimum absolute atomic E-state index is 0.00850. The number of methoxy groups -OCH3 is 1. The molecule has 0 radical (unpaired) electrons. The molecule has 0 saturated carbocycles. The van der Waals surface area contributed by atoms with Crippen LogP contribution in [-0.2, 0) is 19.4 Å². The van der Waals surface area contributed by atoms with E-state index in [4.69, 9.17) is 21.1 Å². The minimum Gasteiger partial charge on any atom is -0.495 e. The second kappa shape index (κ2) is 8.62. The fraction of sp³-hybridized carbons (Fsp3) is 0.263. The summed E-state index contributed by atoms with van der Waals surface area (Å²) in [7, 11) is -2.04. The molecule has 2 aromatic carbocycles. The van der Waals surface area contributed by atoms with Crippen LogP contribution in [0.4, 0.5) is 5.69 Å². The second-order valence-electron chi connectivity index (χ2n) is 6.13. The fourth-order valence-corrected chi connectivity index (χ4v) is 3.16. The lowest BCUT2D eigenvalue weighted by Gasteiger charge is -2.16. The van der Waals surface area contributed by atoms with Gasteiger partial charge in [0, 0.05) is 11.3 Å². The lowest BCUT2D eigenvalue weighted by Crippen LogP contribution is -2.30. The van der Waals surface area contributed by atoms with Crippen LogP contribution < -0.4 is 10.1 Å². The van der Waals surface area contributed by atoms with E-state index in [0.717, 1.165) is 6.26 Å². The molecule has 1 unspecified atom stereocenters. The molecule has 1 N–H and O–H groups in total. The van der Waals surface area contributed by atoms with Crippen molar-refractivity contribution in [2.45, 2.75) is 24.8 Å². The van der Waals surface area contributed by atoms with Gasteiger partial charge in [-0.25, -0.2) is 13.2 Å². The molecule has 0 bridgehead atoms. The summed E-state index contributed by atoms with van der Waals surface area (Å²) in [4.78, 5) is 24.8. The first-order valence-electron chi connectivity index (χ1n) is 8.19. The molecule has 1 amide bonds. The predicted molar refractivity (Wildman–Crippen MR) is 106 cm³/mol. The van der Waals surface area contributed by atoms with Gasteiger partial charge in [-0.05, 0) is 49.7 Å². The third kappa shape index (κ3) is 5.24. The third-order valence-electron chi connectivity index (χ3n) is 3.93. The van der Waals surface area contributed by atoms with Gasteiger partial charge in [-0.1, -0.05) is 17.7 Å². The molecular weight excluding hydrogens is 406 g/mol. The Hall–Kier alpha value is -2.58. The van der Waals surface area contributed by atoms with Gasteiger partial charge in [0.1, 0.15) is 5.75 Å². The summed E-state index contributed by atoms with van der Waals surface area (Å²) in [6.07, 6.45) is -0.0983. The molecule has 0 fully saturated rings. The number of ether oxygens (including phenoxy) is 2. The van der Waals surface area contributed by atoms with Crippen LogP contribution >= 0.6 is 11.6 Å². The predicted octanol–water partition coefficient (Wildman–Crippen LogP) is 3.24. The van der Waals surface area contributed by atoms with Crippen molar-refractivity contribution < 1.29 is 27.5 Å². The van der Waals surface area contributed by atoms with Gasteiger partial charge in [0.2, 0.25) is 0 Å². The highest BCUT2D eigenvalue weighted by Crippen LogP contribution is 2.28. The molecule has 7 nitrogen and oxygen atoms in total. The molecule has 9 heteroatoms. The zero-order valence-electron chi connectivity index (χ0n) is 15.8. The maximum atomic E-state index is 12.4. The fourth-order valence-electron chi connectivity index (χ4n) is 2.34. The summed E-state index contributed by atoms with van der Waals surface area (Å²) in [6.45, 7) is 3.05. The quantitative estimate of drug-likeness (QED) is 0.713. The molecule has 0 aliphatic carbocycles. The average molecular weight is 426 g/mol. The van der Waals surface area contributed by atoms with Crippen molar-refractivity contribution in [3.05, 3.63) is 52.5 Å². The number of halogens is 1. The van der Waals surface area contributed by atoms with Gasteiger partial charge < -0.3 is 14.8 Å². The van der Waals surface area contributed by atoms with Gasteiger partial charge in [-0.15, -0.1) is 0 Å². The summed E-state index contributed by atoms with van der Waals surface area (Å²) in [6, 6.07) is 8.85. The zero-order valence-corrected chi connectivity index (χ0v) is 17.3. The Balaban J connectivity index is 2.16. The molecule has 0 saturated heterocycles. The molecule has 2 aromatic rings. The van der Waals surface area contributed by atoms with E-state index >= 15 is 0 Å². The standard InChI is InChI=1S/C19H20ClNO6S/c1-11-5-7-14(28(4,24)25)10-15(11)19(23)27-12(2)18(22)21-16-9-13(20)6-8-17(16)26-3/h5-10,12H,1-4H3,(H,21,22). The summed E-state index contributed by atoms with van der Waals surface area (Å²) in [5.41, 5.74) is 0.933. The highest BCUT2D eigenvalue weighted by Gasteiger charge is 2.22. The highest BCUT2D eigenvalue weighted by molar-refractivity contribution is 7.90. The van der Waals surface area contributed by atoms with Gasteiger partial charge in [0.25, 0.3) is 5.91 Å². The van der Waals surface area contributed by atoms with Crippen LogP contribution in [-0.4, -0.2) is 39.8 Å². The summed E-state index contributed by atoms with van der Waals surface area (Å²) in [5, 5.41) is 2.98. The van der Waals surface area contributed by atoms with E-state index in [1.807, 2.05) is 0 Å². The number of hydrogen-bond donors (Lipinski definition) is 1. The first-order valence-corrected chi connectivity index (χ1v) is 10.5. The molecule has 1 atom stereocenters. The summed E-state index contributed by atoms with van der Waals surface area (Å²) in [5.74, 6) is -0.998. The van der Waals surface area contributed by atoms with E-state index < -0.39 is 27.8 Å². The maximum absolute atomic E-state index is 12.4. The first-order chi connectivity index (χ1) is 13.0. The van der Waals surface area contributed by atoms with Crippen molar-refractivity contribution >= 4 is 39.0 Å². The highest BCUT2D eigenvalue weighted by atomic mass is 35.5. The summed E-state index contributed by atoms with van der Waals surface area (Å²) < 4.78 is 33.8. The van der Waals surface area contributed by atoms with E-state index in [2.05, 4.69) is 5.32 Å². The van der Waals surface area contributed by atoms with Gasteiger partial charge in [0.15, 0.2) is 15.9 Å². The molecule has 0 aliphatic rings. The topological polar surface area (TPSA) is 98.8 Å². The number of carbonyl (C=O) groups is 2. The maximum Gasteiger partial charge on any atom is 0.339 e. The van der Waals surface area contributed by atoms with Crippen molar-refractivity contribution in [2.75, 3.05) is 18.7 Å². The van der Waals surface area contributed by atoms with Crippen LogP contribution in [0.5, 0.6) is 5.75 Å². The van der Waals surface area contributed by atoms with Gasteiger partial charge in [-0.3, -0.25) is 4.79 Å². The number of sulfone groups is 1. The largest absolute Gasteiger partial charge is 0.495 e. The van der Waals surface area contributed by atoms with E-state index in [-0.39, 0.29) is 10.5 Å². The normalized spacial score (nSPS) is 12.2. The van der Waals surface area contributed by atoms with Crippen LogP contribution in [0.25, 0.3) is 0 Å². The Labute approximate surface area is 168 Å². The Bertz CT molecular complexity index is 1020. The minimum atomic E-state index is -3.49. The van der Waals surface area contributed by atoms with Crippen molar-refractivity contribution in [3.63, 3.8) is 0 Å². The van der Waals surface area contributed by atoms with E-state index in [1.54, 1.807) is 19.1 Å². The second-order valence-corrected chi connectivity index (χ2v) is 8.58. The van der Waals surface area contributed by atoms with Crippen molar-refractivity contribution in [2.24, 2.45) is 0 Å². The lowest BCUT2D eigenvalue weighted by molar-refractivity contribution is -0.123. The number of rotatable bonds is 6. The Kier molecular flexibility index (Phi) is 6.69. The average Bonchev–Trinajstić information content (AvgIpc) is 2.61. The summed E-state index contributed by atoms with van der Waals surface area (Å²) >= 11 is 5.93. The number of amides is 1. The molecule has 28 heavy (non-hydrogen) atoms. The molecule has 0 aromatic heterocycles. The van der Waals surface area contributed by atoms with E-state index in [0.29, 0.717) is 22.0 Å². The van der Waals surface area contributed by atoms with Crippen LogP contribution in [0.2, 0.25) is 5.02 Å². The zero-order chi connectivity index (χ0) is 21.1. The SMILES string of the molecule is COc1ccc(Cl)cc1NC(=O)C(C)OC(=O)c1cc(S(C)(=O)=O)ccc1C.